The van der Waals surface area contributed by atoms with Crippen molar-refractivity contribution in [2.45, 2.75) is 48.4 Å². The molecule has 20 heavy (non-hydrogen) atoms. The van der Waals surface area contributed by atoms with Crippen molar-refractivity contribution in [1.29, 1.82) is 0 Å². The molecule has 2 atom stereocenters. The molecule has 0 aromatic heterocycles. The zero-order chi connectivity index (χ0) is 13.9. The Morgan fingerprint density at radius 2 is 1.65 bits per heavy atom. The summed E-state index contributed by atoms with van der Waals surface area (Å²) in [4.78, 5) is 1.16. The Labute approximate surface area is 123 Å². The highest BCUT2D eigenvalue weighted by Crippen LogP contribution is 2.38. The summed E-state index contributed by atoms with van der Waals surface area (Å²) in [6.07, 6.45) is 5.33. The molecule has 2 unspecified atom stereocenters. The fourth-order valence-corrected chi connectivity index (χ4v) is 4.27. The van der Waals surface area contributed by atoms with Crippen molar-refractivity contribution in [3.63, 3.8) is 0 Å². The minimum Gasteiger partial charge on any atom is -0.507 e. The van der Waals surface area contributed by atoms with Gasteiger partial charge in [0, 0.05) is 15.5 Å². The lowest BCUT2D eigenvalue weighted by molar-refractivity contribution is 0.163. The highest BCUT2D eigenvalue weighted by molar-refractivity contribution is 8.00. The van der Waals surface area contributed by atoms with E-state index in [1.165, 1.54) is 12.8 Å². The van der Waals surface area contributed by atoms with Gasteiger partial charge in [-0.1, -0.05) is 43.5 Å². The second-order valence-corrected chi connectivity index (χ2v) is 6.77. The third-order valence-electron chi connectivity index (χ3n) is 4.06. The van der Waals surface area contributed by atoms with Gasteiger partial charge in [0.15, 0.2) is 0 Å². The van der Waals surface area contributed by atoms with E-state index in [9.17, 15) is 10.2 Å². The van der Waals surface area contributed by atoms with E-state index in [1.54, 1.807) is 17.8 Å². The van der Waals surface area contributed by atoms with Gasteiger partial charge in [-0.15, -0.1) is 11.8 Å². The Kier molecular flexibility index (Phi) is 4.18. The first-order valence-corrected chi connectivity index (χ1v) is 8.19. The summed E-state index contributed by atoms with van der Waals surface area (Å²) in [6, 6.07) is 11.7. The van der Waals surface area contributed by atoms with Crippen LogP contribution in [-0.2, 0) is 0 Å². The molecular weight excluding hydrogens is 268 g/mol. The van der Waals surface area contributed by atoms with Gasteiger partial charge < -0.3 is 10.2 Å². The molecule has 2 aromatic carbocycles. The fourth-order valence-electron chi connectivity index (χ4n) is 2.91. The molecule has 1 aliphatic carbocycles. The van der Waals surface area contributed by atoms with E-state index in [0.717, 1.165) is 34.9 Å². The van der Waals surface area contributed by atoms with Crippen LogP contribution >= 0.6 is 11.8 Å². The van der Waals surface area contributed by atoms with Gasteiger partial charge in [-0.05, 0) is 30.4 Å². The molecule has 3 rings (SSSR count). The number of benzene rings is 2. The molecule has 2 N–H and O–H groups in total. The second kappa shape index (κ2) is 6.06. The maximum absolute atomic E-state index is 10.3. The fraction of sp³-hybridized carbons (Fsp3) is 0.412. The number of aliphatic hydroxyl groups is 1. The monoisotopic (exact) mass is 288 g/mol. The molecule has 0 aliphatic heterocycles. The van der Waals surface area contributed by atoms with E-state index in [2.05, 4.69) is 0 Å². The molecule has 2 nitrogen and oxygen atoms in total. The van der Waals surface area contributed by atoms with Gasteiger partial charge in [-0.25, -0.2) is 0 Å². The van der Waals surface area contributed by atoms with E-state index in [4.69, 9.17) is 0 Å². The van der Waals surface area contributed by atoms with E-state index in [1.807, 2.05) is 30.3 Å². The van der Waals surface area contributed by atoms with E-state index in [-0.39, 0.29) is 11.4 Å². The lowest BCUT2D eigenvalue weighted by atomic mass is 10.1. The maximum Gasteiger partial charge on any atom is 0.123 e. The zero-order valence-electron chi connectivity index (χ0n) is 11.5. The van der Waals surface area contributed by atoms with Crippen molar-refractivity contribution in [1.82, 2.24) is 0 Å². The summed E-state index contributed by atoms with van der Waals surface area (Å²) >= 11 is 1.76. The average Bonchev–Trinajstić information content (AvgIpc) is 2.67. The van der Waals surface area contributed by atoms with Crippen LogP contribution in [0.1, 0.15) is 32.1 Å². The predicted octanol–water partition coefficient (Wildman–Crippen LogP) is 4.33. The number of hydrogen-bond acceptors (Lipinski definition) is 3. The highest BCUT2D eigenvalue weighted by Gasteiger charge is 2.23. The summed E-state index contributed by atoms with van der Waals surface area (Å²) in [6.45, 7) is 0. The number of fused-ring (bicyclic) bond motifs is 1. The number of phenolic OH excluding ortho intramolecular Hbond substituents is 1. The predicted molar refractivity (Wildman–Crippen MR) is 84.3 cm³/mol. The van der Waals surface area contributed by atoms with Gasteiger partial charge in [0.05, 0.1) is 6.10 Å². The minimum absolute atomic E-state index is 0.213. The first kappa shape index (κ1) is 13.8. The maximum atomic E-state index is 10.3. The van der Waals surface area contributed by atoms with Crippen LogP contribution in [-0.4, -0.2) is 21.6 Å². The first-order valence-electron chi connectivity index (χ1n) is 7.31. The summed E-state index contributed by atoms with van der Waals surface area (Å²) in [5, 5.41) is 22.4. The molecule has 0 radical (unpaired) electrons. The first-order chi connectivity index (χ1) is 9.75. The van der Waals surface area contributed by atoms with Gasteiger partial charge in [0.2, 0.25) is 0 Å². The summed E-state index contributed by atoms with van der Waals surface area (Å²) in [5.74, 6) is 0.325. The van der Waals surface area contributed by atoms with Crippen molar-refractivity contribution in [2.24, 2.45) is 0 Å². The quantitative estimate of drug-likeness (QED) is 0.808. The average molecular weight is 288 g/mol. The van der Waals surface area contributed by atoms with Crippen LogP contribution in [0.5, 0.6) is 5.75 Å². The second-order valence-electron chi connectivity index (χ2n) is 5.49. The number of hydrogen-bond donors (Lipinski definition) is 2. The van der Waals surface area contributed by atoms with Crippen LogP contribution in [0, 0.1) is 0 Å². The molecule has 1 fully saturated rings. The molecular formula is C17H20O2S. The van der Waals surface area contributed by atoms with Crippen molar-refractivity contribution >= 4 is 22.5 Å². The zero-order valence-corrected chi connectivity index (χ0v) is 12.3. The number of phenols is 1. The van der Waals surface area contributed by atoms with Crippen LogP contribution in [0.15, 0.2) is 41.3 Å². The van der Waals surface area contributed by atoms with Gasteiger partial charge in [0.25, 0.3) is 0 Å². The standard InChI is InChI=1S/C17H20O2S/c18-14-10-11-16(13-7-5-4-6-12(13)14)20-17-9-3-1-2-8-15(17)19/h4-7,10-11,15,17-19H,1-3,8-9H2. The molecule has 1 saturated carbocycles. The van der Waals surface area contributed by atoms with E-state index in [0.29, 0.717) is 5.75 Å². The molecule has 106 valence electrons. The van der Waals surface area contributed by atoms with Gasteiger partial charge >= 0.3 is 0 Å². The van der Waals surface area contributed by atoms with E-state index < -0.39 is 0 Å². The Balaban J connectivity index is 1.92. The molecule has 0 bridgehead atoms. The molecule has 0 spiro atoms. The molecule has 2 aromatic rings. The Hall–Kier alpha value is -1.19. The normalized spacial score (nSPS) is 23.6. The summed E-state index contributed by atoms with van der Waals surface area (Å²) < 4.78 is 0. The molecule has 0 saturated heterocycles. The Morgan fingerprint density at radius 3 is 2.50 bits per heavy atom. The topological polar surface area (TPSA) is 40.5 Å². The van der Waals surface area contributed by atoms with Crippen molar-refractivity contribution < 1.29 is 10.2 Å². The molecule has 0 heterocycles. The smallest absolute Gasteiger partial charge is 0.123 e. The Bertz CT molecular complexity index is 597. The lowest BCUT2D eigenvalue weighted by Gasteiger charge is -2.20. The largest absolute Gasteiger partial charge is 0.507 e. The van der Waals surface area contributed by atoms with Crippen molar-refractivity contribution in [2.75, 3.05) is 0 Å². The number of aliphatic hydroxyl groups excluding tert-OH is 1. The number of thioether (sulfide) groups is 1. The highest BCUT2D eigenvalue weighted by atomic mass is 32.2. The summed E-state index contributed by atoms with van der Waals surface area (Å²) in [7, 11) is 0. The SMILES string of the molecule is Oc1ccc(SC2CCCCCC2O)c2ccccc12. The lowest BCUT2D eigenvalue weighted by Crippen LogP contribution is -2.21. The Morgan fingerprint density at radius 1 is 0.900 bits per heavy atom. The minimum atomic E-state index is -0.213. The van der Waals surface area contributed by atoms with Crippen LogP contribution in [0.2, 0.25) is 0 Å². The molecule has 3 heteroatoms. The third kappa shape index (κ3) is 2.79. The molecule has 0 amide bonds. The summed E-state index contributed by atoms with van der Waals surface area (Å²) in [5.41, 5.74) is 0. The van der Waals surface area contributed by atoms with E-state index >= 15 is 0 Å². The van der Waals surface area contributed by atoms with Crippen LogP contribution < -0.4 is 0 Å². The van der Waals surface area contributed by atoms with Crippen LogP contribution in [0.4, 0.5) is 0 Å². The molecule has 1 aliphatic rings. The van der Waals surface area contributed by atoms with Crippen LogP contribution in [0.3, 0.4) is 0 Å². The van der Waals surface area contributed by atoms with Crippen molar-refractivity contribution in [3.05, 3.63) is 36.4 Å². The van der Waals surface area contributed by atoms with Crippen LogP contribution in [0.25, 0.3) is 10.8 Å². The van der Waals surface area contributed by atoms with Crippen molar-refractivity contribution in [3.8, 4) is 5.75 Å². The number of aromatic hydroxyl groups is 1. The van der Waals surface area contributed by atoms with Gasteiger partial charge in [-0.2, -0.15) is 0 Å². The van der Waals surface area contributed by atoms with Gasteiger partial charge in [0.1, 0.15) is 5.75 Å². The number of rotatable bonds is 2. The van der Waals surface area contributed by atoms with Gasteiger partial charge in [-0.3, -0.25) is 0 Å². The third-order valence-corrected chi connectivity index (χ3v) is 5.52.